The molecule has 1 aliphatic heterocycles. The van der Waals surface area contributed by atoms with Crippen molar-refractivity contribution in [3.63, 3.8) is 0 Å². The Hall–Kier alpha value is -1.44. The fourth-order valence-corrected chi connectivity index (χ4v) is 2.98. The maximum Gasteiger partial charge on any atom is 0.234 e. The van der Waals surface area contributed by atoms with Gasteiger partial charge in [-0.3, -0.25) is 14.1 Å². The summed E-state index contributed by atoms with van der Waals surface area (Å²) >= 11 is 1.59. The third kappa shape index (κ3) is 3.00. The summed E-state index contributed by atoms with van der Waals surface area (Å²) in [5, 5.41) is 5.00. The van der Waals surface area contributed by atoms with Gasteiger partial charge in [-0.2, -0.15) is 0 Å². The standard InChI is InChI=1S/C13H18N4O2S/c1-10(11-8-17-4-7-20-13(17)15-11)14-12(18)9-16-2-5-19-6-3-16/h4,7-8,10H,2-3,5-6,9H2,1H3,(H,14,18). The number of ether oxygens (including phenoxy) is 1. The normalized spacial score (nSPS) is 18.2. The maximum atomic E-state index is 12.0. The van der Waals surface area contributed by atoms with Crippen LogP contribution in [-0.2, 0) is 9.53 Å². The molecule has 20 heavy (non-hydrogen) atoms. The molecule has 3 rings (SSSR count). The van der Waals surface area contributed by atoms with E-state index in [9.17, 15) is 4.79 Å². The molecule has 0 radical (unpaired) electrons. The Balaban J connectivity index is 1.56. The second-order valence-electron chi connectivity index (χ2n) is 4.94. The number of amides is 1. The van der Waals surface area contributed by atoms with Crippen LogP contribution in [-0.4, -0.2) is 53.0 Å². The molecule has 1 N–H and O–H groups in total. The van der Waals surface area contributed by atoms with Gasteiger partial charge < -0.3 is 10.1 Å². The molecule has 1 saturated heterocycles. The lowest BCUT2D eigenvalue weighted by Gasteiger charge is -2.26. The Kier molecular flexibility index (Phi) is 4.00. The number of imidazole rings is 1. The van der Waals surface area contributed by atoms with Crippen molar-refractivity contribution in [3.8, 4) is 0 Å². The Labute approximate surface area is 121 Å². The highest BCUT2D eigenvalue weighted by atomic mass is 32.1. The Morgan fingerprint density at radius 1 is 1.55 bits per heavy atom. The molecule has 0 saturated carbocycles. The van der Waals surface area contributed by atoms with Crippen LogP contribution in [0.1, 0.15) is 18.7 Å². The minimum absolute atomic E-state index is 0.0377. The molecule has 2 aromatic heterocycles. The van der Waals surface area contributed by atoms with E-state index in [0.717, 1.165) is 23.7 Å². The van der Waals surface area contributed by atoms with Crippen molar-refractivity contribution >= 4 is 22.2 Å². The second-order valence-corrected chi connectivity index (χ2v) is 5.81. The van der Waals surface area contributed by atoms with E-state index < -0.39 is 0 Å². The number of carbonyl (C=O) groups is 1. The molecule has 1 unspecified atom stereocenters. The molecular weight excluding hydrogens is 276 g/mol. The second kappa shape index (κ2) is 5.90. The Morgan fingerprint density at radius 2 is 2.35 bits per heavy atom. The van der Waals surface area contributed by atoms with E-state index in [-0.39, 0.29) is 11.9 Å². The van der Waals surface area contributed by atoms with Gasteiger partial charge in [0.1, 0.15) is 0 Å². The molecule has 7 heteroatoms. The van der Waals surface area contributed by atoms with E-state index in [1.54, 1.807) is 11.3 Å². The lowest BCUT2D eigenvalue weighted by atomic mass is 10.2. The molecule has 1 fully saturated rings. The highest BCUT2D eigenvalue weighted by molar-refractivity contribution is 7.15. The van der Waals surface area contributed by atoms with Gasteiger partial charge in [-0.15, -0.1) is 11.3 Å². The zero-order chi connectivity index (χ0) is 13.9. The Bertz CT molecular complexity index is 559. The van der Waals surface area contributed by atoms with E-state index in [4.69, 9.17) is 4.74 Å². The van der Waals surface area contributed by atoms with Crippen LogP contribution in [0.3, 0.4) is 0 Å². The van der Waals surface area contributed by atoms with Crippen molar-refractivity contribution in [1.29, 1.82) is 0 Å². The van der Waals surface area contributed by atoms with Crippen molar-refractivity contribution in [2.24, 2.45) is 0 Å². The number of hydrogen-bond donors (Lipinski definition) is 1. The number of hydrogen-bond acceptors (Lipinski definition) is 5. The van der Waals surface area contributed by atoms with Gasteiger partial charge >= 0.3 is 0 Å². The lowest BCUT2D eigenvalue weighted by Crippen LogP contribution is -2.43. The topological polar surface area (TPSA) is 58.9 Å². The van der Waals surface area contributed by atoms with E-state index in [2.05, 4.69) is 15.2 Å². The van der Waals surface area contributed by atoms with Crippen molar-refractivity contribution in [2.45, 2.75) is 13.0 Å². The van der Waals surface area contributed by atoms with Crippen LogP contribution >= 0.6 is 11.3 Å². The molecule has 1 atom stereocenters. The monoisotopic (exact) mass is 294 g/mol. The Morgan fingerprint density at radius 3 is 3.10 bits per heavy atom. The molecular formula is C13H18N4O2S. The number of aromatic nitrogens is 2. The van der Waals surface area contributed by atoms with E-state index in [0.29, 0.717) is 19.8 Å². The van der Waals surface area contributed by atoms with Crippen molar-refractivity contribution in [1.82, 2.24) is 19.6 Å². The number of thiazole rings is 1. The average Bonchev–Trinajstić information content (AvgIpc) is 3.00. The van der Waals surface area contributed by atoms with Gasteiger partial charge in [0.05, 0.1) is 31.5 Å². The van der Waals surface area contributed by atoms with Crippen LogP contribution in [0.2, 0.25) is 0 Å². The molecule has 0 spiro atoms. The lowest BCUT2D eigenvalue weighted by molar-refractivity contribution is -0.123. The summed E-state index contributed by atoms with van der Waals surface area (Å²) in [6, 6.07) is -0.0735. The first-order chi connectivity index (χ1) is 9.72. The summed E-state index contributed by atoms with van der Waals surface area (Å²) < 4.78 is 7.25. The highest BCUT2D eigenvalue weighted by Crippen LogP contribution is 2.16. The van der Waals surface area contributed by atoms with Gasteiger partial charge in [-0.05, 0) is 6.92 Å². The van der Waals surface area contributed by atoms with Gasteiger partial charge in [0, 0.05) is 30.9 Å². The zero-order valence-corrected chi connectivity index (χ0v) is 12.2. The number of rotatable bonds is 4. The first-order valence-electron chi connectivity index (χ1n) is 6.74. The van der Waals surface area contributed by atoms with Crippen LogP contribution in [0.25, 0.3) is 4.96 Å². The first-order valence-corrected chi connectivity index (χ1v) is 7.62. The molecule has 3 heterocycles. The van der Waals surface area contributed by atoms with Crippen molar-refractivity contribution < 1.29 is 9.53 Å². The quantitative estimate of drug-likeness (QED) is 0.910. The first kappa shape index (κ1) is 13.5. The summed E-state index contributed by atoms with van der Waals surface area (Å²) in [7, 11) is 0. The SMILES string of the molecule is CC(NC(=O)CN1CCOCC1)c1cn2ccsc2n1. The van der Waals surface area contributed by atoms with Crippen LogP contribution in [0.15, 0.2) is 17.8 Å². The maximum absolute atomic E-state index is 12.0. The van der Waals surface area contributed by atoms with Crippen LogP contribution in [0.4, 0.5) is 0 Å². The molecule has 0 aromatic carbocycles. The third-order valence-corrected chi connectivity index (χ3v) is 4.17. The average molecular weight is 294 g/mol. The summed E-state index contributed by atoms with van der Waals surface area (Å²) in [5.74, 6) is 0.0377. The van der Waals surface area contributed by atoms with Crippen LogP contribution in [0, 0.1) is 0 Å². The number of fused-ring (bicyclic) bond motifs is 1. The van der Waals surface area contributed by atoms with Gasteiger partial charge in [0.15, 0.2) is 4.96 Å². The number of carbonyl (C=O) groups excluding carboxylic acids is 1. The minimum Gasteiger partial charge on any atom is -0.379 e. The summed E-state index contributed by atoms with van der Waals surface area (Å²) in [6.45, 7) is 5.45. The van der Waals surface area contributed by atoms with Gasteiger partial charge in [-0.25, -0.2) is 4.98 Å². The van der Waals surface area contributed by atoms with E-state index >= 15 is 0 Å². The summed E-state index contributed by atoms with van der Waals surface area (Å²) in [6.07, 6.45) is 3.93. The van der Waals surface area contributed by atoms with Crippen molar-refractivity contribution in [2.75, 3.05) is 32.8 Å². The number of nitrogens with zero attached hydrogens (tertiary/aromatic N) is 3. The molecule has 1 amide bonds. The zero-order valence-electron chi connectivity index (χ0n) is 11.4. The molecule has 1 aliphatic rings. The van der Waals surface area contributed by atoms with E-state index in [1.165, 1.54) is 0 Å². The highest BCUT2D eigenvalue weighted by Gasteiger charge is 2.17. The fraction of sp³-hybridized carbons (Fsp3) is 0.538. The number of morpholine rings is 1. The smallest absolute Gasteiger partial charge is 0.234 e. The molecule has 6 nitrogen and oxygen atoms in total. The van der Waals surface area contributed by atoms with E-state index in [1.807, 2.05) is 29.1 Å². The third-order valence-electron chi connectivity index (χ3n) is 3.40. The predicted octanol–water partition coefficient (Wildman–Crippen LogP) is 0.905. The summed E-state index contributed by atoms with van der Waals surface area (Å²) in [5.41, 5.74) is 0.896. The summed E-state index contributed by atoms with van der Waals surface area (Å²) in [4.78, 5) is 19.6. The fourth-order valence-electron chi connectivity index (χ4n) is 2.28. The minimum atomic E-state index is -0.0735. The molecule has 0 aliphatic carbocycles. The van der Waals surface area contributed by atoms with Gasteiger partial charge in [0.2, 0.25) is 5.91 Å². The van der Waals surface area contributed by atoms with Crippen molar-refractivity contribution in [3.05, 3.63) is 23.5 Å². The molecule has 108 valence electrons. The van der Waals surface area contributed by atoms with Crippen LogP contribution < -0.4 is 5.32 Å². The largest absolute Gasteiger partial charge is 0.379 e. The van der Waals surface area contributed by atoms with Gasteiger partial charge in [0.25, 0.3) is 0 Å². The number of nitrogens with one attached hydrogen (secondary N) is 1. The molecule has 2 aromatic rings. The molecule has 0 bridgehead atoms. The predicted molar refractivity (Wildman–Crippen MR) is 76.9 cm³/mol. The van der Waals surface area contributed by atoms with Crippen LogP contribution in [0.5, 0.6) is 0 Å². The van der Waals surface area contributed by atoms with Gasteiger partial charge in [-0.1, -0.05) is 0 Å².